The molecule has 0 spiro atoms. The Labute approximate surface area is 116 Å². The zero-order valence-corrected chi connectivity index (χ0v) is 11.9. The van der Waals surface area contributed by atoms with Gasteiger partial charge in [0.2, 0.25) is 0 Å². The number of carbonyl (C=O) groups excluding carboxylic acids is 1. The summed E-state index contributed by atoms with van der Waals surface area (Å²) in [6.07, 6.45) is 0.786. The van der Waals surface area contributed by atoms with E-state index in [1.54, 1.807) is 6.07 Å². The normalized spacial score (nSPS) is 10.6. The van der Waals surface area contributed by atoms with E-state index in [1.807, 2.05) is 19.1 Å². The number of rotatable bonds is 4. The molecule has 0 saturated heterocycles. The number of aldehydes is 1. The van der Waals surface area contributed by atoms with Crippen LogP contribution in [0.15, 0.2) is 37.5 Å². The molecule has 1 aromatic carbocycles. The Morgan fingerprint density at radius 1 is 1.56 bits per heavy atom. The molecule has 0 bridgehead atoms. The van der Waals surface area contributed by atoms with Crippen molar-refractivity contribution in [2.24, 2.45) is 0 Å². The van der Waals surface area contributed by atoms with Crippen LogP contribution in [-0.4, -0.2) is 21.1 Å². The lowest BCUT2D eigenvalue weighted by Gasteiger charge is -2.05. The summed E-state index contributed by atoms with van der Waals surface area (Å²) in [6.45, 7) is 2.40. The molecule has 18 heavy (non-hydrogen) atoms. The van der Waals surface area contributed by atoms with Gasteiger partial charge < -0.3 is 0 Å². The summed E-state index contributed by atoms with van der Waals surface area (Å²) >= 11 is 4.60. The highest BCUT2D eigenvalue weighted by Crippen LogP contribution is 2.29. The molecule has 2 rings (SSSR count). The molecule has 7 heteroatoms. The van der Waals surface area contributed by atoms with Gasteiger partial charge in [0.1, 0.15) is 0 Å². The van der Waals surface area contributed by atoms with Crippen molar-refractivity contribution in [2.75, 3.05) is 0 Å². The molecule has 0 aliphatic carbocycles. The maximum atomic E-state index is 11.4. The van der Waals surface area contributed by atoms with Crippen LogP contribution in [0.1, 0.15) is 17.3 Å². The zero-order valence-electron chi connectivity index (χ0n) is 9.51. The van der Waals surface area contributed by atoms with Crippen LogP contribution in [0.2, 0.25) is 0 Å². The van der Waals surface area contributed by atoms with E-state index in [4.69, 9.17) is 0 Å². The average Bonchev–Trinajstić information content (AvgIpc) is 2.72. The Kier molecular flexibility index (Phi) is 4.03. The predicted molar refractivity (Wildman–Crippen MR) is 72.2 cm³/mol. The molecule has 0 aliphatic rings. The largest absolute Gasteiger partial charge is 0.343 e. The summed E-state index contributed by atoms with van der Waals surface area (Å²) in [7, 11) is 0. The van der Waals surface area contributed by atoms with Crippen LogP contribution >= 0.6 is 27.7 Å². The highest BCUT2D eigenvalue weighted by molar-refractivity contribution is 9.10. The highest BCUT2D eigenvalue weighted by atomic mass is 79.9. The first kappa shape index (κ1) is 13.1. The number of H-pyrrole nitrogens is 1. The van der Waals surface area contributed by atoms with Gasteiger partial charge in [0.25, 0.3) is 0 Å². The molecule has 0 fully saturated rings. The minimum atomic E-state index is -0.246. The number of nitrogens with zero attached hydrogens (tertiary/aromatic N) is 2. The quantitative estimate of drug-likeness (QED) is 0.875. The Balaban J connectivity index is 2.39. The second-order valence-corrected chi connectivity index (χ2v) is 5.38. The summed E-state index contributed by atoms with van der Waals surface area (Å²) in [5, 5.41) is 6.89. The van der Waals surface area contributed by atoms with Crippen LogP contribution < -0.4 is 5.69 Å². The zero-order chi connectivity index (χ0) is 13.1. The lowest BCUT2D eigenvalue weighted by Crippen LogP contribution is -2.16. The maximum absolute atomic E-state index is 11.4. The Morgan fingerprint density at radius 3 is 3.00 bits per heavy atom. The number of benzene rings is 1. The molecular formula is C11H10BrN3O2S. The summed E-state index contributed by atoms with van der Waals surface area (Å²) < 4.78 is 2.35. The van der Waals surface area contributed by atoms with E-state index in [1.165, 1.54) is 16.3 Å². The van der Waals surface area contributed by atoms with Crippen LogP contribution in [0.25, 0.3) is 0 Å². The van der Waals surface area contributed by atoms with Crippen LogP contribution in [0.5, 0.6) is 0 Å². The van der Waals surface area contributed by atoms with Crippen molar-refractivity contribution in [3.05, 3.63) is 38.7 Å². The molecule has 2 aromatic rings. The number of aromatic nitrogens is 3. The Bertz CT molecular complexity index is 635. The van der Waals surface area contributed by atoms with Gasteiger partial charge in [0.05, 0.1) is 0 Å². The molecule has 5 nitrogen and oxygen atoms in total. The van der Waals surface area contributed by atoms with Crippen molar-refractivity contribution in [2.45, 2.75) is 23.5 Å². The van der Waals surface area contributed by atoms with Crippen molar-refractivity contribution >= 4 is 34.0 Å². The van der Waals surface area contributed by atoms with Gasteiger partial charge in [-0.2, -0.15) is 0 Å². The second kappa shape index (κ2) is 5.53. The van der Waals surface area contributed by atoms with E-state index in [-0.39, 0.29) is 5.69 Å². The third kappa shape index (κ3) is 2.56. The molecule has 0 saturated carbocycles. The van der Waals surface area contributed by atoms with Crippen LogP contribution in [0, 0.1) is 0 Å². The second-order valence-electron chi connectivity index (χ2n) is 3.46. The molecule has 0 aliphatic heterocycles. The van der Waals surface area contributed by atoms with Crippen LogP contribution in [-0.2, 0) is 6.54 Å². The van der Waals surface area contributed by atoms with Gasteiger partial charge >= 0.3 is 5.69 Å². The summed E-state index contributed by atoms with van der Waals surface area (Å²) in [6, 6.07) is 5.39. The SMILES string of the molecule is CCn1c(Sc2ccc(Br)cc2C=O)n[nH]c1=O. The maximum Gasteiger partial charge on any atom is 0.343 e. The predicted octanol–water partition coefficient (Wildman–Crippen LogP) is 2.32. The van der Waals surface area contributed by atoms with E-state index in [9.17, 15) is 9.59 Å². The van der Waals surface area contributed by atoms with Crippen molar-refractivity contribution in [3.63, 3.8) is 0 Å². The van der Waals surface area contributed by atoms with E-state index in [0.29, 0.717) is 17.3 Å². The third-order valence-electron chi connectivity index (χ3n) is 2.34. The van der Waals surface area contributed by atoms with Gasteiger partial charge in [0, 0.05) is 21.5 Å². The van der Waals surface area contributed by atoms with Crippen molar-refractivity contribution < 1.29 is 4.79 Å². The molecule has 94 valence electrons. The van der Waals surface area contributed by atoms with E-state index in [0.717, 1.165) is 15.7 Å². The smallest absolute Gasteiger partial charge is 0.298 e. The molecular weight excluding hydrogens is 318 g/mol. The van der Waals surface area contributed by atoms with Crippen molar-refractivity contribution in [3.8, 4) is 0 Å². The molecule has 1 N–H and O–H groups in total. The first-order valence-corrected chi connectivity index (χ1v) is 6.84. The molecule has 0 amide bonds. The minimum absolute atomic E-state index is 0.246. The molecule has 1 aromatic heterocycles. The van der Waals surface area contributed by atoms with Crippen LogP contribution in [0.3, 0.4) is 0 Å². The standard InChI is InChI=1S/C11H10BrN3O2S/c1-2-15-10(17)13-14-11(15)18-9-4-3-8(12)5-7(9)6-16/h3-6H,2H2,1H3,(H,13,17). The average molecular weight is 328 g/mol. The van der Waals surface area contributed by atoms with Gasteiger partial charge in [-0.1, -0.05) is 15.9 Å². The summed E-state index contributed by atoms with van der Waals surface area (Å²) in [5.41, 5.74) is 0.317. The lowest BCUT2D eigenvalue weighted by molar-refractivity contribution is 0.112. The van der Waals surface area contributed by atoms with Gasteiger partial charge in [-0.15, -0.1) is 5.10 Å². The van der Waals surface area contributed by atoms with Gasteiger partial charge in [-0.25, -0.2) is 9.89 Å². The number of hydrogen-bond donors (Lipinski definition) is 1. The van der Waals surface area contributed by atoms with Crippen LogP contribution in [0.4, 0.5) is 0 Å². The number of halogens is 1. The third-order valence-corrected chi connectivity index (χ3v) is 3.92. The number of aromatic amines is 1. The fraction of sp³-hybridized carbons (Fsp3) is 0.182. The highest BCUT2D eigenvalue weighted by Gasteiger charge is 2.11. The van der Waals surface area contributed by atoms with Crippen molar-refractivity contribution in [1.82, 2.24) is 14.8 Å². The van der Waals surface area contributed by atoms with Gasteiger partial charge in [0.15, 0.2) is 11.4 Å². The topological polar surface area (TPSA) is 67.8 Å². The van der Waals surface area contributed by atoms with Gasteiger partial charge in [-0.05, 0) is 36.9 Å². The number of nitrogens with one attached hydrogen (secondary N) is 1. The minimum Gasteiger partial charge on any atom is -0.298 e. The molecule has 0 unspecified atom stereocenters. The van der Waals surface area contributed by atoms with Crippen molar-refractivity contribution in [1.29, 1.82) is 0 Å². The van der Waals surface area contributed by atoms with Gasteiger partial charge in [-0.3, -0.25) is 9.36 Å². The first-order chi connectivity index (χ1) is 8.65. The lowest BCUT2D eigenvalue weighted by atomic mass is 10.2. The molecule has 0 atom stereocenters. The summed E-state index contributed by atoms with van der Waals surface area (Å²) in [4.78, 5) is 23.2. The fourth-order valence-corrected chi connectivity index (χ4v) is 2.81. The monoisotopic (exact) mass is 327 g/mol. The van der Waals surface area contributed by atoms with E-state index in [2.05, 4.69) is 26.1 Å². The van der Waals surface area contributed by atoms with E-state index >= 15 is 0 Å². The first-order valence-electron chi connectivity index (χ1n) is 5.23. The summed E-state index contributed by atoms with van der Waals surface area (Å²) in [5.74, 6) is 0. The fourth-order valence-electron chi connectivity index (χ4n) is 1.46. The molecule has 1 heterocycles. The van der Waals surface area contributed by atoms with E-state index < -0.39 is 0 Å². The number of hydrogen-bond acceptors (Lipinski definition) is 4. The number of carbonyl (C=O) groups is 1. The Hall–Kier alpha value is -1.34. The Morgan fingerprint density at radius 2 is 2.33 bits per heavy atom. The molecule has 0 radical (unpaired) electrons.